The number of aliphatic hydroxyl groups excluding tert-OH is 1. The standard InChI is InChI=1S/C27H37NO3/c1-19(2)28(20(3)4)16-15-24(22-9-6-5-7-10-22)25-17-21(18-29)13-14-26(25)31-27(30)23-11-8-12-23/h5-7,9-10,13-14,17,19-20,23-24,29H,8,11-12,15-16,18H2,1-4H3/t24-/m1/s1. The van der Waals surface area contributed by atoms with Gasteiger partial charge >= 0.3 is 5.97 Å². The second-order valence-corrected chi connectivity index (χ2v) is 9.26. The van der Waals surface area contributed by atoms with E-state index in [9.17, 15) is 9.90 Å². The van der Waals surface area contributed by atoms with Crippen LogP contribution < -0.4 is 4.74 Å². The molecule has 1 fully saturated rings. The lowest BCUT2D eigenvalue weighted by atomic mass is 9.85. The summed E-state index contributed by atoms with van der Waals surface area (Å²) in [5.74, 6) is 0.612. The van der Waals surface area contributed by atoms with Crippen LogP contribution in [0.4, 0.5) is 0 Å². The Balaban J connectivity index is 1.95. The monoisotopic (exact) mass is 423 g/mol. The minimum atomic E-state index is -0.123. The van der Waals surface area contributed by atoms with E-state index in [1.54, 1.807) is 0 Å². The molecule has 31 heavy (non-hydrogen) atoms. The zero-order chi connectivity index (χ0) is 22.4. The van der Waals surface area contributed by atoms with Crippen molar-refractivity contribution in [2.24, 2.45) is 5.92 Å². The van der Waals surface area contributed by atoms with E-state index in [0.717, 1.165) is 43.4 Å². The predicted octanol–water partition coefficient (Wildman–Crippen LogP) is 5.53. The van der Waals surface area contributed by atoms with E-state index in [4.69, 9.17) is 4.74 Å². The minimum Gasteiger partial charge on any atom is -0.426 e. The molecule has 1 aliphatic rings. The largest absolute Gasteiger partial charge is 0.426 e. The highest BCUT2D eigenvalue weighted by Gasteiger charge is 2.29. The normalized spacial score (nSPS) is 15.4. The fraction of sp³-hybridized carbons (Fsp3) is 0.519. The molecule has 1 saturated carbocycles. The molecule has 3 rings (SSSR count). The van der Waals surface area contributed by atoms with Gasteiger partial charge in [0.1, 0.15) is 5.75 Å². The van der Waals surface area contributed by atoms with Gasteiger partial charge in [-0.3, -0.25) is 9.69 Å². The van der Waals surface area contributed by atoms with E-state index in [0.29, 0.717) is 17.8 Å². The maximum absolute atomic E-state index is 12.6. The zero-order valence-electron chi connectivity index (χ0n) is 19.4. The van der Waals surface area contributed by atoms with Crippen LogP contribution in [0.15, 0.2) is 48.5 Å². The molecule has 0 bridgehead atoms. The van der Waals surface area contributed by atoms with Crippen molar-refractivity contribution < 1.29 is 14.6 Å². The summed E-state index contributed by atoms with van der Waals surface area (Å²) in [7, 11) is 0. The lowest BCUT2D eigenvalue weighted by Crippen LogP contribution is -2.38. The average Bonchev–Trinajstić information content (AvgIpc) is 2.70. The molecule has 0 aliphatic heterocycles. The van der Waals surface area contributed by atoms with Gasteiger partial charge in [-0.15, -0.1) is 0 Å². The molecule has 0 saturated heterocycles. The van der Waals surface area contributed by atoms with Crippen LogP contribution in [0.25, 0.3) is 0 Å². The number of nitrogens with zero attached hydrogens (tertiary/aromatic N) is 1. The molecular formula is C27H37NO3. The second-order valence-electron chi connectivity index (χ2n) is 9.26. The van der Waals surface area contributed by atoms with Gasteiger partial charge in [-0.1, -0.05) is 42.8 Å². The van der Waals surface area contributed by atoms with Crippen LogP contribution in [-0.4, -0.2) is 34.6 Å². The summed E-state index contributed by atoms with van der Waals surface area (Å²) in [6, 6.07) is 17.0. The van der Waals surface area contributed by atoms with Crippen molar-refractivity contribution in [3.05, 3.63) is 65.2 Å². The number of rotatable bonds is 10. The van der Waals surface area contributed by atoms with Gasteiger partial charge in [-0.05, 0) is 76.8 Å². The fourth-order valence-corrected chi connectivity index (χ4v) is 4.48. The Kier molecular flexibility index (Phi) is 8.28. The number of esters is 1. The van der Waals surface area contributed by atoms with E-state index in [1.807, 2.05) is 24.3 Å². The zero-order valence-corrected chi connectivity index (χ0v) is 19.4. The summed E-state index contributed by atoms with van der Waals surface area (Å²) < 4.78 is 5.92. The van der Waals surface area contributed by atoms with E-state index in [2.05, 4.69) is 56.9 Å². The molecule has 168 valence electrons. The number of benzene rings is 2. The molecule has 1 aliphatic carbocycles. The number of carbonyl (C=O) groups excluding carboxylic acids is 1. The fourth-order valence-electron chi connectivity index (χ4n) is 4.48. The Hall–Kier alpha value is -2.17. The Morgan fingerprint density at radius 3 is 2.29 bits per heavy atom. The number of aliphatic hydroxyl groups is 1. The molecule has 1 atom stereocenters. The topological polar surface area (TPSA) is 49.8 Å². The summed E-state index contributed by atoms with van der Waals surface area (Å²) in [5.41, 5.74) is 3.02. The Morgan fingerprint density at radius 2 is 1.74 bits per heavy atom. The van der Waals surface area contributed by atoms with Gasteiger partial charge in [0, 0.05) is 23.6 Å². The van der Waals surface area contributed by atoms with Crippen LogP contribution >= 0.6 is 0 Å². The van der Waals surface area contributed by atoms with Gasteiger partial charge in [-0.2, -0.15) is 0 Å². The summed E-state index contributed by atoms with van der Waals surface area (Å²) in [6.45, 7) is 9.83. The number of hydrogen-bond acceptors (Lipinski definition) is 4. The first-order chi connectivity index (χ1) is 14.9. The molecule has 0 spiro atoms. The van der Waals surface area contributed by atoms with E-state index < -0.39 is 0 Å². The lowest BCUT2D eigenvalue weighted by molar-refractivity contribution is -0.141. The summed E-state index contributed by atoms with van der Waals surface area (Å²) in [6.07, 6.45) is 3.84. The van der Waals surface area contributed by atoms with Crippen LogP contribution in [-0.2, 0) is 11.4 Å². The van der Waals surface area contributed by atoms with Gasteiger partial charge in [-0.25, -0.2) is 0 Å². The van der Waals surface area contributed by atoms with E-state index in [1.165, 1.54) is 5.56 Å². The van der Waals surface area contributed by atoms with Crippen molar-refractivity contribution in [1.82, 2.24) is 4.90 Å². The summed E-state index contributed by atoms with van der Waals surface area (Å²) in [5, 5.41) is 9.77. The van der Waals surface area contributed by atoms with Crippen LogP contribution in [0.5, 0.6) is 5.75 Å². The van der Waals surface area contributed by atoms with Crippen LogP contribution in [0, 0.1) is 5.92 Å². The smallest absolute Gasteiger partial charge is 0.314 e. The van der Waals surface area contributed by atoms with Gasteiger partial charge < -0.3 is 9.84 Å². The first-order valence-electron chi connectivity index (χ1n) is 11.7. The van der Waals surface area contributed by atoms with Crippen molar-refractivity contribution in [1.29, 1.82) is 0 Å². The van der Waals surface area contributed by atoms with Crippen LogP contribution in [0.2, 0.25) is 0 Å². The van der Waals surface area contributed by atoms with Gasteiger partial charge in [0.05, 0.1) is 12.5 Å². The molecule has 0 heterocycles. The molecule has 0 amide bonds. The summed E-state index contributed by atoms with van der Waals surface area (Å²) in [4.78, 5) is 15.1. The van der Waals surface area contributed by atoms with Crippen molar-refractivity contribution in [2.75, 3.05) is 6.54 Å². The summed E-state index contributed by atoms with van der Waals surface area (Å²) >= 11 is 0. The number of ether oxygens (including phenoxy) is 1. The van der Waals surface area contributed by atoms with Crippen LogP contribution in [0.3, 0.4) is 0 Å². The maximum Gasteiger partial charge on any atom is 0.314 e. The van der Waals surface area contributed by atoms with E-state index in [-0.39, 0.29) is 24.4 Å². The second kappa shape index (κ2) is 10.9. The molecule has 2 aromatic carbocycles. The average molecular weight is 424 g/mol. The molecular weight excluding hydrogens is 386 g/mol. The van der Waals surface area contributed by atoms with E-state index >= 15 is 0 Å². The van der Waals surface area contributed by atoms with Crippen molar-refractivity contribution in [3.63, 3.8) is 0 Å². The highest BCUT2D eigenvalue weighted by molar-refractivity contribution is 5.76. The predicted molar refractivity (Wildman–Crippen MR) is 125 cm³/mol. The lowest BCUT2D eigenvalue weighted by Gasteiger charge is -2.32. The molecule has 2 aromatic rings. The number of hydrogen-bond donors (Lipinski definition) is 1. The third kappa shape index (κ3) is 5.96. The highest BCUT2D eigenvalue weighted by atomic mass is 16.5. The van der Waals surface area contributed by atoms with Crippen molar-refractivity contribution in [3.8, 4) is 5.75 Å². The van der Waals surface area contributed by atoms with Crippen molar-refractivity contribution in [2.45, 2.75) is 78.0 Å². The first-order valence-corrected chi connectivity index (χ1v) is 11.7. The minimum absolute atomic E-state index is 0.0258. The molecule has 0 aromatic heterocycles. The van der Waals surface area contributed by atoms with Crippen molar-refractivity contribution >= 4 is 5.97 Å². The molecule has 1 N–H and O–H groups in total. The Morgan fingerprint density at radius 1 is 1.06 bits per heavy atom. The molecule has 0 radical (unpaired) electrons. The van der Waals surface area contributed by atoms with Crippen LogP contribution in [0.1, 0.15) is 76.0 Å². The first kappa shape index (κ1) is 23.5. The third-order valence-electron chi connectivity index (χ3n) is 6.49. The molecule has 4 heteroatoms. The quantitative estimate of drug-likeness (QED) is 0.403. The Labute approximate surface area is 187 Å². The van der Waals surface area contributed by atoms with Gasteiger partial charge in [0.25, 0.3) is 0 Å². The molecule has 4 nitrogen and oxygen atoms in total. The maximum atomic E-state index is 12.6. The van der Waals surface area contributed by atoms with Gasteiger partial charge in [0.2, 0.25) is 0 Å². The Bertz CT molecular complexity index is 835. The van der Waals surface area contributed by atoms with Gasteiger partial charge in [0.15, 0.2) is 0 Å². The SMILES string of the molecule is CC(C)N(CC[C@H](c1ccccc1)c1cc(CO)ccc1OC(=O)C1CCC1)C(C)C. The number of carbonyl (C=O) groups is 1. The highest BCUT2D eigenvalue weighted by Crippen LogP contribution is 2.37. The third-order valence-corrected chi connectivity index (χ3v) is 6.49. The molecule has 0 unspecified atom stereocenters.